The first-order valence-electron chi connectivity index (χ1n) is 7.28. The van der Waals surface area contributed by atoms with Crippen molar-refractivity contribution in [2.75, 3.05) is 16.5 Å². The molecule has 0 radical (unpaired) electrons. The van der Waals surface area contributed by atoms with E-state index in [9.17, 15) is 14.4 Å². The predicted molar refractivity (Wildman–Crippen MR) is 96.2 cm³/mol. The van der Waals surface area contributed by atoms with Crippen molar-refractivity contribution >= 4 is 40.4 Å². The van der Waals surface area contributed by atoms with E-state index in [0.717, 1.165) is 0 Å². The molecule has 128 valence electrons. The van der Waals surface area contributed by atoms with Crippen molar-refractivity contribution in [1.29, 1.82) is 0 Å². The molecule has 2 aromatic carbocycles. The van der Waals surface area contributed by atoms with Gasteiger partial charge in [0.1, 0.15) is 0 Å². The minimum Gasteiger partial charge on any atom is -0.399 e. The van der Waals surface area contributed by atoms with Gasteiger partial charge in [0.05, 0.1) is 5.69 Å². The molecular formula is C17H17N5O3. The molecule has 0 saturated heterocycles. The van der Waals surface area contributed by atoms with Crippen LogP contribution in [0.1, 0.15) is 17.3 Å². The van der Waals surface area contributed by atoms with Crippen molar-refractivity contribution in [3.8, 4) is 0 Å². The maximum Gasteiger partial charge on any atom is 0.279 e. The standard InChI is InChI=1S/C17H17N5O3/c1-10(23)15(17(25)20-13-7-5-12(18)6-8-13)22-21-14-4-2-3-11(9-14)16(19)24/h2-9,21H,18H2,1H3,(H2,19,24)(H,20,25)/b22-15-. The van der Waals surface area contributed by atoms with Gasteiger partial charge in [0.2, 0.25) is 5.91 Å². The summed E-state index contributed by atoms with van der Waals surface area (Å²) in [5.41, 5.74) is 14.7. The Labute approximate surface area is 143 Å². The number of ketones is 1. The summed E-state index contributed by atoms with van der Waals surface area (Å²) in [5.74, 6) is -1.79. The van der Waals surface area contributed by atoms with Crippen molar-refractivity contribution in [3.05, 3.63) is 54.1 Å². The molecule has 0 aliphatic rings. The van der Waals surface area contributed by atoms with Gasteiger partial charge in [0, 0.05) is 23.9 Å². The average molecular weight is 339 g/mol. The lowest BCUT2D eigenvalue weighted by Crippen LogP contribution is -2.29. The number of amides is 2. The number of rotatable bonds is 6. The van der Waals surface area contributed by atoms with Gasteiger partial charge >= 0.3 is 0 Å². The summed E-state index contributed by atoms with van der Waals surface area (Å²) in [6.45, 7) is 1.23. The van der Waals surface area contributed by atoms with Gasteiger partial charge in [0.15, 0.2) is 11.5 Å². The third kappa shape index (κ3) is 4.90. The van der Waals surface area contributed by atoms with Gasteiger partial charge in [-0.2, -0.15) is 5.10 Å². The second-order valence-corrected chi connectivity index (χ2v) is 5.15. The van der Waals surface area contributed by atoms with Gasteiger partial charge in [-0.05, 0) is 42.5 Å². The Balaban J connectivity index is 2.16. The van der Waals surface area contributed by atoms with Crippen LogP contribution in [0.25, 0.3) is 0 Å². The van der Waals surface area contributed by atoms with Gasteiger partial charge < -0.3 is 16.8 Å². The highest BCUT2D eigenvalue weighted by atomic mass is 16.2. The van der Waals surface area contributed by atoms with Crippen LogP contribution in [-0.2, 0) is 9.59 Å². The summed E-state index contributed by atoms with van der Waals surface area (Å²) < 4.78 is 0. The smallest absolute Gasteiger partial charge is 0.279 e. The highest BCUT2D eigenvalue weighted by molar-refractivity contribution is 6.67. The van der Waals surface area contributed by atoms with Crippen LogP contribution in [0.15, 0.2) is 53.6 Å². The molecule has 0 atom stereocenters. The molecule has 0 unspecified atom stereocenters. The number of hydrogen-bond acceptors (Lipinski definition) is 6. The van der Waals surface area contributed by atoms with Crippen LogP contribution in [0.2, 0.25) is 0 Å². The molecule has 2 amide bonds. The van der Waals surface area contributed by atoms with E-state index in [1.165, 1.54) is 19.1 Å². The monoisotopic (exact) mass is 339 g/mol. The second-order valence-electron chi connectivity index (χ2n) is 5.15. The van der Waals surface area contributed by atoms with Crippen LogP contribution in [0.4, 0.5) is 17.1 Å². The number of Topliss-reactive ketones (excluding diaryl/α,β-unsaturated/α-hetero) is 1. The van der Waals surface area contributed by atoms with Crippen LogP contribution < -0.4 is 22.2 Å². The lowest BCUT2D eigenvalue weighted by atomic mass is 10.2. The maximum atomic E-state index is 12.2. The molecule has 0 saturated carbocycles. The number of nitrogen functional groups attached to an aromatic ring is 1. The molecule has 6 N–H and O–H groups in total. The number of nitrogens with zero attached hydrogens (tertiary/aromatic N) is 1. The zero-order chi connectivity index (χ0) is 18.4. The fourth-order valence-corrected chi connectivity index (χ4v) is 1.91. The van der Waals surface area contributed by atoms with E-state index in [1.54, 1.807) is 36.4 Å². The number of nitrogens with one attached hydrogen (secondary N) is 2. The Hall–Kier alpha value is -3.68. The average Bonchev–Trinajstić information content (AvgIpc) is 2.57. The van der Waals surface area contributed by atoms with E-state index in [-0.39, 0.29) is 11.3 Å². The van der Waals surface area contributed by atoms with E-state index in [4.69, 9.17) is 11.5 Å². The molecule has 0 bridgehead atoms. The first-order chi connectivity index (χ1) is 11.9. The van der Waals surface area contributed by atoms with E-state index in [2.05, 4.69) is 15.8 Å². The van der Waals surface area contributed by atoms with Crippen LogP contribution in [0, 0.1) is 0 Å². The fourth-order valence-electron chi connectivity index (χ4n) is 1.91. The molecule has 0 fully saturated rings. The molecule has 8 heteroatoms. The molecular weight excluding hydrogens is 322 g/mol. The van der Waals surface area contributed by atoms with Crippen molar-refractivity contribution in [2.45, 2.75) is 6.92 Å². The van der Waals surface area contributed by atoms with E-state index < -0.39 is 17.6 Å². The summed E-state index contributed by atoms with van der Waals surface area (Å²) in [6, 6.07) is 12.7. The van der Waals surface area contributed by atoms with Crippen molar-refractivity contribution < 1.29 is 14.4 Å². The number of hydrogen-bond donors (Lipinski definition) is 4. The van der Waals surface area contributed by atoms with Crippen LogP contribution in [-0.4, -0.2) is 23.3 Å². The number of nitrogens with two attached hydrogens (primary N) is 2. The lowest BCUT2D eigenvalue weighted by Gasteiger charge is -2.07. The van der Waals surface area contributed by atoms with Gasteiger partial charge in [0.25, 0.3) is 5.91 Å². The summed E-state index contributed by atoms with van der Waals surface area (Å²) in [6.07, 6.45) is 0. The minimum atomic E-state index is -0.671. The number of anilines is 3. The third-order valence-corrected chi connectivity index (χ3v) is 3.16. The molecule has 0 aliphatic carbocycles. The van der Waals surface area contributed by atoms with Gasteiger partial charge in [-0.25, -0.2) is 0 Å². The molecule has 0 aromatic heterocycles. The Morgan fingerprint density at radius 3 is 2.28 bits per heavy atom. The van der Waals surface area contributed by atoms with Crippen molar-refractivity contribution in [1.82, 2.24) is 0 Å². The largest absolute Gasteiger partial charge is 0.399 e. The lowest BCUT2D eigenvalue weighted by molar-refractivity contribution is -0.114. The Kier molecular flexibility index (Phi) is 5.47. The summed E-state index contributed by atoms with van der Waals surface area (Å²) >= 11 is 0. The van der Waals surface area contributed by atoms with Crippen LogP contribution in [0.5, 0.6) is 0 Å². The molecule has 2 aromatic rings. The highest BCUT2D eigenvalue weighted by Gasteiger charge is 2.17. The Bertz CT molecular complexity index is 844. The topological polar surface area (TPSA) is 140 Å². The minimum absolute atomic E-state index is 0.274. The number of hydrazone groups is 1. The van der Waals surface area contributed by atoms with Gasteiger partial charge in [-0.1, -0.05) is 6.07 Å². The van der Waals surface area contributed by atoms with Crippen molar-refractivity contribution in [2.24, 2.45) is 10.8 Å². The molecule has 0 heterocycles. The quantitative estimate of drug-likeness (QED) is 0.272. The molecule has 8 nitrogen and oxygen atoms in total. The normalized spacial score (nSPS) is 10.8. The summed E-state index contributed by atoms with van der Waals surface area (Å²) in [7, 11) is 0. The second kappa shape index (κ2) is 7.73. The van der Waals surface area contributed by atoms with Crippen molar-refractivity contribution in [3.63, 3.8) is 0 Å². The first kappa shape index (κ1) is 17.7. The molecule has 25 heavy (non-hydrogen) atoms. The third-order valence-electron chi connectivity index (χ3n) is 3.16. The van der Waals surface area contributed by atoms with E-state index >= 15 is 0 Å². The zero-order valence-electron chi connectivity index (χ0n) is 13.4. The summed E-state index contributed by atoms with van der Waals surface area (Å²) in [4.78, 5) is 35.1. The molecule has 2 rings (SSSR count). The predicted octanol–water partition coefficient (Wildman–Crippen LogP) is 1.36. The van der Waals surface area contributed by atoms with E-state index in [0.29, 0.717) is 17.1 Å². The first-order valence-corrected chi connectivity index (χ1v) is 7.28. The zero-order valence-corrected chi connectivity index (χ0v) is 13.4. The number of carbonyl (C=O) groups is 3. The van der Waals surface area contributed by atoms with Crippen LogP contribution >= 0.6 is 0 Å². The van der Waals surface area contributed by atoms with Crippen LogP contribution in [0.3, 0.4) is 0 Å². The SMILES string of the molecule is CC(=O)/C(=N/Nc1cccc(C(N)=O)c1)C(=O)Nc1ccc(N)cc1. The fraction of sp³-hybridized carbons (Fsp3) is 0.0588. The number of benzene rings is 2. The van der Waals surface area contributed by atoms with Gasteiger partial charge in [-0.3, -0.25) is 19.8 Å². The number of primary amides is 1. The van der Waals surface area contributed by atoms with Gasteiger partial charge in [-0.15, -0.1) is 0 Å². The molecule has 0 spiro atoms. The Morgan fingerprint density at radius 1 is 1.00 bits per heavy atom. The molecule has 0 aliphatic heterocycles. The maximum absolute atomic E-state index is 12.2. The highest BCUT2D eigenvalue weighted by Crippen LogP contribution is 2.12. The Morgan fingerprint density at radius 2 is 1.68 bits per heavy atom. The van der Waals surface area contributed by atoms with E-state index in [1.807, 2.05) is 0 Å². The number of carbonyl (C=O) groups excluding carboxylic acids is 3. The summed E-state index contributed by atoms with van der Waals surface area (Å²) in [5, 5.41) is 6.39.